The highest BCUT2D eigenvalue weighted by molar-refractivity contribution is 5.73. The van der Waals surface area contributed by atoms with E-state index in [-0.39, 0.29) is 0 Å². The Hall–Kier alpha value is -2.50. The highest BCUT2D eigenvalue weighted by Crippen LogP contribution is 2.39. The summed E-state index contributed by atoms with van der Waals surface area (Å²) in [5.41, 5.74) is 0. The van der Waals surface area contributed by atoms with Gasteiger partial charge < -0.3 is 189 Å². The second-order valence-corrected chi connectivity index (χ2v) is 23.8. The summed E-state index contributed by atoms with van der Waals surface area (Å²) >= 11 is 0. The van der Waals surface area contributed by atoms with Gasteiger partial charge in [0, 0.05) is 13.8 Å². The minimum Gasteiger partial charge on any atom is -0.394 e. The molecule has 0 spiro atoms. The molecular formula is C52H88N2O38. The second kappa shape index (κ2) is 32.0. The first-order chi connectivity index (χ1) is 43.4. The summed E-state index contributed by atoms with van der Waals surface area (Å²) < 4.78 is 88.4. The highest BCUT2D eigenvalue weighted by Gasteiger charge is 2.60. The Morgan fingerprint density at radius 2 is 0.641 bits per heavy atom. The zero-order chi connectivity index (χ0) is 67.8. The third-order valence-corrected chi connectivity index (χ3v) is 17.3. The Morgan fingerprint density at radius 1 is 0.304 bits per heavy atom. The van der Waals surface area contributed by atoms with Gasteiger partial charge in [-0.15, -0.1) is 0 Å². The number of carbonyl (C=O) groups excluding carboxylic acids is 2. The standard InChI is InChI=1S/C52H88N2O38/c1-11-23(61)31(69)36(74)47(79-11)90-42-34(72)26(64)16(6-55)83-50(42)88-40-22(54-15(5)60)45(77)82-20(29(40)67)10-78-46-21(53-14(4)59)30(68)39(19(9-58)86-46)87-52-44(92-49-38(76)33(71)25(63)13(3)81-49)41(28(66)18(8-57)85-52)89-51-43(35(73)27(65)17(7-56)84-51)91-48-37(75)32(70)24(62)12(2)80-48/h11-13,16-52,55-58,61-77H,6-10H2,1-5H3,(H,53,59)(H,54,60)/t11-,12-,13-,16+,17+,18+,19+,20+,21+,22+,23+,24+,25+,26-,27-,28-,29-,30+,31+,32+,33+,34-,35-,36-,37-,38-,39+,40+,41-,42+,43+,44+,45-,46+,47-,48-,49-,50-,51+,52-/m0/s1. The average Bonchev–Trinajstić information content (AvgIpc) is 0.773. The maximum atomic E-state index is 13.0. The van der Waals surface area contributed by atoms with Crippen LogP contribution in [0.1, 0.15) is 34.6 Å². The molecule has 0 radical (unpaired) electrons. The van der Waals surface area contributed by atoms with E-state index in [0.29, 0.717) is 0 Å². The molecule has 0 aromatic carbocycles. The van der Waals surface area contributed by atoms with Gasteiger partial charge >= 0.3 is 0 Å². The smallest absolute Gasteiger partial charge is 0.217 e. The van der Waals surface area contributed by atoms with Crippen molar-refractivity contribution in [3.8, 4) is 0 Å². The van der Waals surface area contributed by atoms with Crippen LogP contribution in [-0.2, 0) is 80.6 Å². The first-order valence-corrected chi connectivity index (χ1v) is 29.7. The quantitative estimate of drug-likeness (QED) is 0.0507. The molecule has 534 valence electrons. The van der Waals surface area contributed by atoms with Crippen LogP contribution in [0.4, 0.5) is 0 Å². The van der Waals surface area contributed by atoms with E-state index in [0.717, 1.165) is 13.8 Å². The molecule has 0 saturated carbocycles. The van der Waals surface area contributed by atoms with Crippen LogP contribution in [0.3, 0.4) is 0 Å². The zero-order valence-corrected chi connectivity index (χ0v) is 50.0. The van der Waals surface area contributed by atoms with Crippen molar-refractivity contribution < 1.29 is 188 Å². The third-order valence-electron chi connectivity index (χ3n) is 17.3. The van der Waals surface area contributed by atoms with Crippen LogP contribution in [0.25, 0.3) is 0 Å². The van der Waals surface area contributed by atoms with Crippen LogP contribution in [0, 0.1) is 0 Å². The summed E-state index contributed by atoms with van der Waals surface area (Å²) in [6.45, 7) is 0.689. The Balaban J connectivity index is 1.06. The molecule has 8 aliphatic heterocycles. The predicted molar refractivity (Wildman–Crippen MR) is 283 cm³/mol. The Kier molecular flexibility index (Phi) is 26.2. The molecule has 8 saturated heterocycles. The van der Waals surface area contributed by atoms with E-state index >= 15 is 0 Å². The summed E-state index contributed by atoms with van der Waals surface area (Å²) in [4.78, 5) is 25.5. The summed E-state index contributed by atoms with van der Waals surface area (Å²) in [5, 5.41) is 235. The minimum atomic E-state index is -2.21. The van der Waals surface area contributed by atoms with Crippen LogP contribution in [-0.4, -0.2) is 398 Å². The molecule has 8 fully saturated rings. The van der Waals surface area contributed by atoms with Gasteiger partial charge in [0.2, 0.25) is 11.8 Å². The lowest BCUT2D eigenvalue weighted by Gasteiger charge is -2.51. The van der Waals surface area contributed by atoms with E-state index < -0.39 is 290 Å². The fourth-order valence-electron chi connectivity index (χ4n) is 12.0. The van der Waals surface area contributed by atoms with Gasteiger partial charge in [-0.25, -0.2) is 0 Å². The number of hydrogen-bond donors (Lipinski definition) is 23. The fraction of sp³-hybridized carbons (Fsp3) is 0.962. The van der Waals surface area contributed by atoms with Gasteiger partial charge in [-0.2, -0.15) is 0 Å². The Morgan fingerprint density at radius 3 is 1.05 bits per heavy atom. The van der Waals surface area contributed by atoms with Crippen LogP contribution in [0.15, 0.2) is 0 Å². The van der Waals surface area contributed by atoms with Crippen LogP contribution >= 0.6 is 0 Å². The van der Waals surface area contributed by atoms with Crippen molar-refractivity contribution in [3.63, 3.8) is 0 Å². The third kappa shape index (κ3) is 16.0. The summed E-state index contributed by atoms with van der Waals surface area (Å²) in [7, 11) is 0. The maximum Gasteiger partial charge on any atom is 0.217 e. The molecule has 23 N–H and O–H groups in total. The number of nitrogens with one attached hydrogen (secondary N) is 2. The summed E-state index contributed by atoms with van der Waals surface area (Å²) in [6, 6.07) is -3.57. The van der Waals surface area contributed by atoms with Crippen LogP contribution < -0.4 is 10.6 Å². The summed E-state index contributed by atoms with van der Waals surface area (Å²) in [5.74, 6) is -1.72. The monoisotopic (exact) mass is 1350 g/mol. The van der Waals surface area contributed by atoms with E-state index in [2.05, 4.69) is 10.6 Å². The van der Waals surface area contributed by atoms with Gasteiger partial charge in [-0.3, -0.25) is 9.59 Å². The van der Waals surface area contributed by atoms with Crippen LogP contribution in [0.2, 0.25) is 0 Å². The molecule has 0 aromatic rings. The van der Waals surface area contributed by atoms with E-state index in [9.17, 15) is 117 Å². The van der Waals surface area contributed by atoms with Gasteiger partial charge in [0.25, 0.3) is 0 Å². The molecule has 0 unspecified atom stereocenters. The number of carbonyl (C=O) groups is 2. The van der Waals surface area contributed by atoms with Crippen molar-refractivity contribution in [2.75, 3.05) is 33.0 Å². The molecule has 8 aliphatic rings. The van der Waals surface area contributed by atoms with Gasteiger partial charge in [0.05, 0.1) is 51.3 Å². The fourth-order valence-corrected chi connectivity index (χ4v) is 12.0. The Bertz CT molecular complexity index is 2330. The number of ether oxygens (including phenoxy) is 15. The normalized spacial score (nSPS) is 52.1. The van der Waals surface area contributed by atoms with E-state index in [1.165, 1.54) is 20.8 Å². The first kappa shape index (κ1) is 75.3. The lowest BCUT2D eigenvalue weighted by atomic mass is 9.94. The molecule has 40 atom stereocenters. The van der Waals surface area contributed by atoms with Crippen molar-refractivity contribution in [1.29, 1.82) is 0 Å². The van der Waals surface area contributed by atoms with E-state index in [1.54, 1.807) is 0 Å². The number of hydrogen-bond acceptors (Lipinski definition) is 38. The minimum absolute atomic E-state index is 0.834. The molecule has 40 nitrogen and oxygen atoms in total. The Labute approximate surface area is 522 Å². The molecule has 0 bridgehead atoms. The van der Waals surface area contributed by atoms with Crippen molar-refractivity contribution in [2.24, 2.45) is 0 Å². The SMILES string of the molecule is CC(=O)N[C@@H]1[C@@H](O[C@@H]2O[C@H](CO)[C@H](O)[C@H](O)[C@H]2O[C@@H]2O[C@@H](C)[C@@H](O)[C@@H](O)[C@@H]2O)[C@@H](O)[C@@H](CO[C@@H]2O[C@H](CO)[C@@H](O[C@@H]3O[C@H](CO)[C@H](O)[C@H](O[C@H]4O[C@H](CO)[C@H](O)[C@H](O)[C@H]4O[C@@H]4O[C@@H](C)[C@@H](O)[C@@H](O)[C@@H]4O)[C@H]3O[C@@H]3O[C@@H](C)[C@@H](O)[C@@H](O)[C@@H]3O)[C@H](O)[C@H]2NC(C)=O)O[C@@H]1O. The van der Waals surface area contributed by atoms with E-state index in [1.807, 2.05) is 0 Å². The summed E-state index contributed by atoms with van der Waals surface area (Å²) in [6.07, 6.45) is -72.7. The largest absolute Gasteiger partial charge is 0.394 e. The van der Waals surface area contributed by atoms with Crippen molar-refractivity contribution in [2.45, 2.75) is 280 Å². The highest BCUT2D eigenvalue weighted by atomic mass is 16.8. The van der Waals surface area contributed by atoms with Gasteiger partial charge in [-0.05, 0) is 20.8 Å². The van der Waals surface area contributed by atoms with Crippen molar-refractivity contribution >= 4 is 11.8 Å². The van der Waals surface area contributed by atoms with Crippen molar-refractivity contribution in [1.82, 2.24) is 10.6 Å². The number of aliphatic hydroxyl groups excluding tert-OH is 21. The lowest BCUT2D eigenvalue weighted by molar-refractivity contribution is -0.411. The predicted octanol–water partition coefficient (Wildman–Crippen LogP) is -15.1. The van der Waals surface area contributed by atoms with Gasteiger partial charge in [-0.1, -0.05) is 0 Å². The van der Waals surface area contributed by atoms with Gasteiger partial charge in [0.15, 0.2) is 50.3 Å². The molecule has 8 rings (SSSR count). The average molecular weight is 1350 g/mol. The molecule has 0 aromatic heterocycles. The number of aliphatic hydroxyl groups is 21. The molecule has 0 aliphatic carbocycles. The topological polar surface area (TPSA) is 621 Å². The number of amides is 2. The molecule has 40 heteroatoms. The molecule has 2 amide bonds. The van der Waals surface area contributed by atoms with Crippen molar-refractivity contribution in [3.05, 3.63) is 0 Å². The maximum absolute atomic E-state index is 13.0. The van der Waals surface area contributed by atoms with Gasteiger partial charge in [0.1, 0.15) is 177 Å². The lowest BCUT2D eigenvalue weighted by Crippen LogP contribution is -2.70. The molecular weight excluding hydrogens is 1260 g/mol. The molecule has 8 heterocycles. The van der Waals surface area contributed by atoms with Crippen LogP contribution in [0.5, 0.6) is 0 Å². The first-order valence-electron chi connectivity index (χ1n) is 29.7. The zero-order valence-electron chi connectivity index (χ0n) is 50.0. The molecule has 92 heavy (non-hydrogen) atoms. The number of rotatable bonds is 21. The van der Waals surface area contributed by atoms with E-state index in [4.69, 9.17) is 71.1 Å². The second-order valence-electron chi connectivity index (χ2n) is 23.8.